The topological polar surface area (TPSA) is 165 Å². The van der Waals surface area contributed by atoms with Gasteiger partial charge in [0.25, 0.3) is 5.91 Å². The molecule has 0 radical (unpaired) electrons. The minimum atomic E-state index is -4.85. The molecule has 156 valence electrons. The van der Waals surface area contributed by atoms with Gasteiger partial charge in [0, 0.05) is 12.0 Å². The quantitative estimate of drug-likeness (QED) is 0.272. The zero-order valence-electron chi connectivity index (χ0n) is 15.6. The Hall–Kier alpha value is -2.91. The zero-order valence-corrected chi connectivity index (χ0v) is 16.5. The van der Waals surface area contributed by atoms with Gasteiger partial charge in [-0.25, -0.2) is 9.99 Å². The molecule has 11 heteroatoms. The molecule has 0 aliphatic heterocycles. The maximum absolute atomic E-state index is 12.2. The van der Waals surface area contributed by atoms with Gasteiger partial charge in [0.05, 0.1) is 0 Å². The molecule has 1 atom stereocenters. The number of carboxylic acids is 1. The summed E-state index contributed by atoms with van der Waals surface area (Å²) < 4.78 is 15.2. The Labute approximate surface area is 166 Å². The Bertz CT molecular complexity index is 957. The normalized spacial score (nSPS) is 13.4. The van der Waals surface area contributed by atoms with Gasteiger partial charge in [-0.05, 0) is 43.7 Å². The van der Waals surface area contributed by atoms with Gasteiger partial charge in [-0.3, -0.25) is 24.8 Å². The maximum Gasteiger partial charge on any atom is 0.524 e. The highest BCUT2D eigenvalue weighted by Crippen LogP contribution is 2.41. The first-order valence-electron chi connectivity index (χ1n) is 8.34. The van der Waals surface area contributed by atoms with E-state index in [0.29, 0.717) is 11.1 Å². The number of carboxylic acid groups (broad SMARTS) is 1. The van der Waals surface area contributed by atoms with Crippen molar-refractivity contribution in [3.05, 3.63) is 59.2 Å². The number of phosphoric acid groups is 1. The van der Waals surface area contributed by atoms with E-state index in [0.717, 1.165) is 17.7 Å². The van der Waals surface area contributed by atoms with Crippen LogP contribution in [0, 0.1) is 6.92 Å². The van der Waals surface area contributed by atoms with E-state index in [2.05, 4.69) is 15.4 Å². The molecule has 0 heterocycles. The van der Waals surface area contributed by atoms with Crippen LogP contribution in [-0.2, 0) is 15.8 Å². The lowest BCUT2D eigenvalue weighted by molar-refractivity contribution is -0.144. The Kier molecular flexibility index (Phi) is 6.66. The largest absolute Gasteiger partial charge is 0.524 e. The van der Waals surface area contributed by atoms with Crippen molar-refractivity contribution in [1.82, 2.24) is 10.9 Å². The molecule has 0 saturated heterocycles. The molecule has 0 unspecified atom stereocenters. The number of phosphoric ester groups is 1. The predicted molar refractivity (Wildman–Crippen MR) is 102 cm³/mol. The number of phenols is 1. The summed E-state index contributed by atoms with van der Waals surface area (Å²) >= 11 is 0. The third-order valence-electron chi connectivity index (χ3n) is 4.04. The first-order chi connectivity index (χ1) is 13.4. The first-order valence-corrected chi connectivity index (χ1v) is 9.87. The van der Waals surface area contributed by atoms with E-state index >= 15 is 0 Å². The maximum atomic E-state index is 12.2. The second kappa shape index (κ2) is 8.62. The average Bonchev–Trinajstić information content (AvgIpc) is 2.61. The molecule has 2 rings (SSSR count). The summed E-state index contributed by atoms with van der Waals surface area (Å²) in [5.41, 5.74) is 4.84. The van der Waals surface area contributed by atoms with Crippen LogP contribution in [-0.4, -0.2) is 37.4 Å². The second-order valence-corrected chi connectivity index (χ2v) is 7.81. The number of nitrogens with one attached hydrogen (secondary N) is 2. The Balaban J connectivity index is 2.13. The molecular formula is C18H21N2O8P. The summed E-state index contributed by atoms with van der Waals surface area (Å²) in [6.45, 7) is 3.20. The molecule has 10 nitrogen and oxygen atoms in total. The van der Waals surface area contributed by atoms with Gasteiger partial charge in [-0.1, -0.05) is 23.8 Å². The standard InChI is InChI=1S/C18H21N2O8P/c1-11-3-6-13(7-4-11)16(22)19-20-18(2,17(23)24)10-12-5-8-15(14(21)9-12)28-29(25,26)27/h3-9,20-21H,10H2,1-2H3,(H,19,22)(H,23,24)(H2,25,26,27)/t18-/m0/s1. The number of aromatic hydroxyl groups is 1. The van der Waals surface area contributed by atoms with Gasteiger partial charge >= 0.3 is 13.8 Å². The fourth-order valence-corrected chi connectivity index (χ4v) is 2.84. The number of aryl methyl sites for hydroxylation is 1. The number of phenolic OH excluding ortho intramolecular Hbond substituents is 1. The van der Waals surface area contributed by atoms with Crippen LogP contribution in [0.3, 0.4) is 0 Å². The van der Waals surface area contributed by atoms with Crippen LogP contribution in [0.25, 0.3) is 0 Å². The molecule has 1 amide bonds. The van der Waals surface area contributed by atoms with Crippen LogP contribution < -0.4 is 15.4 Å². The number of rotatable bonds is 8. The molecule has 6 N–H and O–H groups in total. The highest BCUT2D eigenvalue weighted by molar-refractivity contribution is 7.46. The van der Waals surface area contributed by atoms with E-state index < -0.39 is 36.7 Å². The highest BCUT2D eigenvalue weighted by atomic mass is 31.2. The smallest absolute Gasteiger partial charge is 0.504 e. The van der Waals surface area contributed by atoms with Gasteiger partial charge in [-0.2, -0.15) is 0 Å². The molecule has 2 aromatic carbocycles. The van der Waals surface area contributed by atoms with E-state index in [1.165, 1.54) is 13.0 Å². The van der Waals surface area contributed by atoms with Crippen LogP contribution >= 0.6 is 7.82 Å². The first kappa shape index (κ1) is 22.4. The lowest BCUT2D eigenvalue weighted by Crippen LogP contribution is -2.58. The monoisotopic (exact) mass is 424 g/mol. The van der Waals surface area contributed by atoms with E-state index in [1.54, 1.807) is 24.3 Å². The van der Waals surface area contributed by atoms with Crippen LogP contribution in [0.15, 0.2) is 42.5 Å². The molecule has 2 aromatic rings. The number of aliphatic carboxylic acids is 1. The van der Waals surface area contributed by atoms with Gasteiger partial charge in [0.15, 0.2) is 11.5 Å². The summed E-state index contributed by atoms with van der Waals surface area (Å²) in [6.07, 6.45) is -0.166. The molecule has 0 aromatic heterocycles. The van der Waals surface area contributed by atoms with Crippen molar-refractivity contribution in [2.75, 3.05) is 0 Å². The summed E-state index contributed by atoms with van der Waals surface area (Å²) in [4.78, 5) is 41.6. The van der Waals surface area contributed by atoms with Crippen molar-refractivity contribution in [2.24, 2.45) is 0 Å². The van der Waals surface area contributed by atoms with Crippen molar-refractivity contribution in [3.63, 3.8) is 0 Å². The number of hydrogen-bond acceptors (Lipinski definition) is 6. The Morgan fingerprint density at radius 1 is 1.14 bits per heavy atom. The van der Waals surface area contributed by atoms with E-state index in [1.807, 2.05) is 6.92 Å². The van der Waals surface area contributed by atoms with Gasteiger partial charge in [-0.15, -0.1) is 0 Å². The Morgan fingerprint density at radius 2 is 1.76 bits per heavy atom. The summed E-state index contributed by atoms with van der Waals surface area (Å²) in [7, 11) is -4.85. The van der Waals surface area contributed by atoms with Gasteiger partial charge in [0.1, 0.15) is 5.54 Å². The van der Waals surface area contributed by atoms with E-state index in [4.69, 9.17) is 9.79 Å². The minimum absolute atomic E-state index is 0.166. The highest BCUT2D eigenvalue weighted by Gasteiger charge is 2.34. The molecule has 0 aliphatic carbocycles. The predicted octanol–water partition coefficient (Wildman–Crippen LogP) is 1.49. The number of hydrazine groups is 1. The number of amides is 1. The molecule has 0 spiro atoms. The number of benzene rings is 2. The fraction of sp³-hybridized carbons (Fsp3) is 0.222. The van der Waals surface area contributed by atoms with E-state index in [9.17, 15) is 24.4 Å². The van der Waals surface area contributed by atoms with Crippen molar-refractivity contribution in [3.8, 4) is 11.5 Å². The van der Waals surface area contributed by atoms with Crippen LogP contribution in [0.5, 0.6) is 11.5 Å². The van der Waals surface area contributed by atoms with Crippen LogP contribution in [0.4, 0.5) is 0 Å². The number of carbonyl (C=O) groups excluding carboxylic acids is 1. The molecule has 29 heavy (non-hydrogen) atoms. The summed E-state index contributed by atoms with van der Waals surface area (Å²) in [5, 5.41) is 19.5. The number of carbonyl (C=O) groups is 2. The zero-order chi connectivity index (χ0) is 21.8. The molecule has 0 fully saturated rings. The van der Waals surface area contributed by atoms with Crippen molar-refractivity contribution in [1.29, 1.82) is 0 Å². The molecule has 0 aliphatic rings. The van der Waals surface area contributed by atoms with Crippen molar-refractivity contribution >= 4 is 19.7 Å². The van der Waals surface area contributed by atoms with Gasteiger partial charge in [0.2, 0.25) is 0 Å². The SMILES string of the molecule is Cc1ccc(C(=O)NN[C@@](C)(Cc2ccc(OP(=O)(O)O)c(O)c2)C(=O)O)cc1. The van der Waals surface area contributed by atoms with Crippen molar-refractivity contribution < 1.29 is 38.7 Å². The van der Waals surface area contributed by atoms with E-state index in [-0.39, 0.29) is 6.42 Å². The summed E-state index contributed by atoms with van der Waals surface area (Å²) in [5.74, 6) is -2.80. The lowest BCUT2D eigenvalue weighted by Gasteiger charge is -2.27. The molecular weight excluding hydrogens is 403 g/mol. The lowest BCUT2D eigenvalue weighted by atomic mass is 9.93. The van der Waals surface area contributed by atoms with Crippen molar-refractivity contribution in [2.45, 2.75) is 25.8 Å². The Morgan fingerprint density at radius 3 is 2.28 bits per heavy atom. The average molecular weight is 424 g/mol. The third kappa shape index (κ3) is 6.30. The molecule has 0 saturated carbocycles. The van der Waals surface area contributed by atoms with Crippen LogP contribution in [0.1, 0.15) is 28.4 Å². The third-order valence-corrected chi connectivity index (χ3v) is 4.47. The summed E-state index contributed by atoms with van der Waals surface area (Å²) in [6, 6.07) is 10.3. The molecule has 0 bridgehead atoms. The van der Waals surface area contributed by atoms with Crippen LogP contribution in [0.2, 0.25) is 0 Å². The van der Waals surface area contributed by atoms with Gasteiger partial charge < -0.3 is 14.7 Å². The number of hydrogen-bond donors (Lipinski definition) is 6. The minimum Gasteiger partial charge on any atom is -0.504 e. The fourth-order valence-electron chi connectivity index (χ4n) is 2.43. The second-order valence-electron chi connectivity index (χ2n) is 6.64.